The van der Waals surface area contributed by atoms with Crippen LogP contribution in [0.2, 0.25) is 5.02 Å². The molecule has 3 saturated heterocycles. The van der Waals surface area contributed by atoms with Crippen molar-refractivity contribution in [2.75, 3.05) is 26.7 Å². The first-order valence-corrected chi connectivity index (χ1v) is 10.9. The van der Waals surface area contributed by atoms with Crippen LogP contribution >= 0.6 is 11.6 Å². The number of halogens is 2. The smallest absolute Gasteiger partial charge is 0.236 e. The second kappa shape index (κ2) is 7.52. The van der Waals surface area contributed by atoms with Gasteiger partial charge >= 0.3 is 0 Å². The van der Waals surface area contributed by atoms with Crippen LogP contribution in [0.5, 0.6) is 0 Å². The average molecular weight is 420 g/mol. The lowest BCUT2D eigenvalue weighted by Gasteiger charge is -2.56. The van der Waals surface area contributed by atoms with Crippen molar-refractivity contribution in [1.82, 2.24) is 24.7 Å². The molecular weight excluding hydrogens is 393 g/mol. The molecule has 1 amide bonds. The van der Waals surface area contributed by atoms with Gasteiger partial charge in [0, 0.05) is 38.3 Å². The Bertz CT molecular complexity index is 915. The third-order valence-electron chi connectivity index (χ3n) is 6.93. The molecule has 2 aromatic rings. The van der Waals surface area contributed by atoms with Crippen LogP contribution in [0.15, 0.2) is 12.1 Å². The Hall–Kier alpha value is -1.70. The number of nitrogens with one attached hydrogen (secondary N) is 1. The highest BCUT2D eigenvalue weighted by molar-refractivity contribution is 6.34. The largest absolute Gasteiger partial charge is 0.342 e. The molecule has 2 atom stereocenters. The fourth-order valence-corrected chi connectivity index (χ4v) is 5.55. The van der Waals surface area contributed by atoms with Gasteiger partial charge in [-0.2, -0.15) is 0 Å². The van der Waals surface area contributed by atoms with E-state index >= 15 is 0 Å². The number of hydrogen-bond donors (Lipinski definition) is 1. The number of nitrogens with zero attached hydrogens (tertiary/aromatic N) is 4. The number of piperazine rings is 1. The third kappa shape index (κ3) is 3.64. The molecule has 6 nitrogen and oxygen atoms in total. The van der Waals surface area contributed by atoms with Crippen LogP contribution in [0.3, 0.4) is 0 Å². The van der Waals surface area contributed by atoms with Gasteiger partial charge in [-0.05, 0) is 31.4 Å². The molecule has 4 aliphatic rings. The summed E-state index contributed by atoms with van der Waals surface area (Å²) in [7, 11) is 1.97. The van der Waals surface area contributed by atoms with Crippen molar-refractivity contribution in [2.45, 2.75) is 56.8 Å². The molecule has 4 heterocycles. The van der Waals surface area contributed by atoms with Gasteiger partial charge in [0.2, 0.25) is 5.91 Å². The zero-order chi connectivity index (χ0) is 20.1. The highest BCUT2D eigenvalue weighted by Crippen LogP contribution is 2.33. The van der Waals surface area contributed by atoms with Crippen LogP contribution in [0.1, 0.15) is 37.9 Å². The van der Waals surface area contributed by atoms with Crippen LogP contribution in [0, 0.1) is 5.82 Å². The van der Waals surface area contributed by atoms with E-state index in [1.165, 1.54) is 25.0 Å². The summed E-state index contributed by atoms with van der Waals surface area (Å²) < 4.78 is 13.5. The Morgan fingerprint density at radius 3 is 2.76 bits per heavy atom. The lowest BCUT2D eigenvalue weighted by Crippen LogP contribution is -2.69. The first kappa shape index (κ1) is 19.3. The van der Waals surface area contributed by atoms with Crippen LogP contribution in [-0.4, -0.2) is 75.4 Å². The molecule has 3 aliphatic heterocycles. The van der Waals surface area contributed by atoms with E-state index in [-0.39, 0.29) is 11.7 Å². The molecule has 1 aromatic heterocycles. The first-order valence-electron chi connectivity index (χ1n) is 10.6. The topological polar surface area (TPSA) is 55.5 Å². The summed E-state index contributed by atoms with van der Waals surface area (Å²) in [5, 5.41) is 0.333. The number of carbonyl (C=O) groups is 1. The maximum absolute atomic E-state index is 13.5. The molecular formula is C21H27ClFN5O. The minimum Gasteiger partial charge on any atom is -0.342 e. The SMILES string of the molecule is CN(C(=O)CN1C2CC1CN(Cc1nc3c(Cl)cc(F)cc3[nH]1)C2)C1CCCC1. The van der Waals surface area contributed by atoms with Crippen molar-refractivity contribution in [3.8, 4) is 0 Å². The number of amides is 1. The van der Waals surface area contributed by atoms with Crippen LogP contribution in [-0.2, 0) is 11.3 Å². The molecule has 156 valence electrons. The van der Waals surface area contributed by atoms with Crippen LogP contribution in [0.25, 0.3) is 11.0 Å². The lowest BCUT2D eigenvalue weighted by molar-refractivity contribution is -0.141. The quantitative estimate of drug-likeness (QED) is 0.809. The molecule has 2 unspecified atom stereocenters. The summed E-state index contributed by atoms with van der Waals surface area (Å²) in [6.45, 7) is 3.07. The molecule has 6 rings (SSSR count). The van der Waals surface area contributed by atoms with Gasteiger partial charge in [-0.25, -0.2) is 9.37 Å². The van der Waals surface area contributed by atoms with Gasteiger partial charge in [0.15, 0.2) is 0 Å². The number of hydrogen-bond acceptors (Lipinski definition) is 4. The number of likely N-dealkylation sites (N-methyl/N-ethyl adjacent to an activating group) is 1. The van der Waals surface area contributed by atoms with Gasteiger partial charge in [0.05, 0.1) is 23.6 Å². The van der Waals surface area contributed by atoms with Crippen molar-refractivity contribution in [2.24, 2.45) is 0 Å². The van der Waals surface area contributed by atoms with Crippen molar-refractivity contribution in [1.29, 1.82) is 0 Å². The van der Waals surface area contributed by atoms with Crippen LogP contribution < -0.4 is 0 Å². The molecule has 29 heavy (non-hydrogen) atoms. The molecule has 8 heteroatoms. The second-order valence-electron chi connectivity index (χ2n) is 8.82. The fourth-order valence-electron chi connectivity index (χ4n) is 5.30. The molecule has 0 radical (unpaired) electrons. The van der Waals surface area contributed by atoms with Gasteiger partial charge in [-0.1, -0.05) is 24.4 Å². The first-order chi connectivity index (χ1) is 14.0. The summed E-state index contributed by atoms with van der Waals surface area (Å²) in [6, 6.07) is 4.02. The molecule has 4 fully saturated rings. The lowest BCUT2D eigenvalue weighted by atomic mass is 9.87. The van der Waals surface area contributed by atoms with Gasteiger partial charge in [-0.15, -0.1) is 0 Å². The Balaban J connectivity index is 1.18. The molecule has 2 bridgehead atoms. The van der Waals surface area contributed by atoms with E-state index in [9.17, 15) is 9.18 Å². The van der Waals surface area contributed by atoms with E-state index in [1.807, 2.05) is 11.9 Å². The van der Waals surface area contributed by atoms with Crippen molar-refractivity contribution >= 4 is 28.5 Å². The summed E-state index contributed by atoms with van der Waals surface area (Å²) in [5.41, 5.74) is 1.25. The predicted molar refractivity (Wildman–Crippen MR) is 110 cm³/mol. The zero-order valence-electron chi connectivity index (χ0n) is 16.7. The Labute approximate surface area is 175 Å². The number of fused-ring (bicyclic) bond motifs is 3. The van der Waals surface area contributed by atoms with Gasteiger partial charge in [-0.3, -0.25) is 14.6 Å². The minimum atomic E-state index is -0.361. The fraction of sp³-hybridized carbons (Fsp3) is 0.619. The minimum absolute atomic E-state index is 0.258. The van der Waals surface area contributed by atoms with Crippen LogP contribution in [0.4, 0.5) is 4.39 Å². The predicted octanol–water partition coefficient (Wildman–Crippen LogP) is 3.01. The van der Waals surface area contributed by atoms with E-state index in [4.69, 9.17) is 11.6 Å². The van der Waals surface area contributed by atoms with E-state index in [1.54, 1.807) is 0 Å². The number of rotatable bonds is 5. The highest BCUT2D eigenvalue weighted by Gasteiger charge is 2.45. The standard InChI is InChI=1S/C21H27ClFN5O/c1-26(14-4-2-3-5-14)20(29)12-28-15-8-16(28)10-27(9-15)11-19-24-18-7-13(23)6-17(22)21(18)25-19/h6-7,14-16H,2-5,8-12H2,1H3,(H,24,25). The summed E-state index contributed by atoms with van der Waals surface area (Å²) >= 11 is 6.11. The van der Waals surface area contributed by atoms with Crippen molar-refractivity contribution < 1.29 is 9.18 Å². The maximum atomic E-state index is 13.5. The van der Waals surface area contributed by atoms with Crippen molar-refractivity contribution in [3.05, 3.63) is 28.8 Å². The molecule has 1 N–H and O–H groups in total. The van der Waals surface area contributed by atoms with Gasteiger partial charge in [0.25, 0.3) is 0 Å². The normalized spacial score (nSPS) is 25.5. The third-order valence-corrected chi connectivity index (χ3v) is 7.22. The van der Waals surface area contributed by atoms with E-state index in [2.05, 4.69) is 19.8 Å². The molecule has 1 saturated carbocycles. The van der Waals surface area contributed by atoms with Gasteiger partial charge in [0.1, 0.15) is 17.2 Å². The monoisotopic (exact) mass is 419 g/mol. The molecule has 1 aromatic carbocycles. The summed E-state index contributed by atoms with van der Waals surface area (Å²) in [5.74, 6) is 0.700. The van der Waals surface area contributed by atoms with Crippen molar-refractivity contribution in [3.63, 3.8) is 0 Å². The summed E-state index contributed by atoms with van der Waals surface area (Å²) in [4.78, 5) is 27.2. The van der Waals surface area contributed by atoms with E-state index in [0.717, 1.165) is 38.2 Å². The van der Waals surface area contributed by atoms with Gasteiger partial charge < -0.3 is 9.88 Å². The number of benzene rings is 1. The average Bonchev–Trinajstić information content (AvgIpc) is 3.35. The number of carbonyl (C=O) groups excluding carboxylic acids is 1. The Kier molecular flexibility index (Phi) is 5.00. The highest BCUT2D eigenvalue weighted by atomic mass is 35.5. The van der Waals surface area contributed by atoms with E-state index in [0.29, 0.717) is 47.3 Å². The number of aromatic amines is 1. The summed E-state index contributed by atoms with van der Waals surface area (Å²) in [6.07, 6.45) is 5.94. The number of imidazole rings is 1. The second-order valence-corrected chi connectivity index (χ2v) is 9.23. The molecule has 0 spiro atoms. The number of aromatic nitrogens is 2. The zero-order valence-corrected chi connectivity index (χ0v) is 17.5. The maximum Gasteiger partial charge on any atom is 0.236 e. The Morgan fingerprint density at radius 2 is 2.03 bits per heavy atom. The van der Waals surface area contributed by atoms with E-state index < -0.39 is 0 Å². The molecule has 1 aliphatic carbocycles. The number of H-pyrrole nitrogens is 1. The Morgan fingerprint density at radius 1 is 1.31 bits per heavy atom. The number of piperidine rings is 1.